The molecule has 1 heterocycles. The van der Waals surface area contributed by atoms with Gasteiger partial charge in [0, 0.05) is 43.4 Å². The molecule has 5 heteroatoms. The van der Waals surface area contributed by atoms with Gasteiger partial charge in [-0.25, -0.2) is 0 Å². The summed E-state index contributed by atoms with van der Waals surface area (Å²) in [6.45, 7) is 5.40. The van der Waals surface area contributed by atoms with E-state index in [4.69, 9.17) is 16.3 Å². The fourth-order valence-electron chi connectivity index (χ4n) is 3.07. The van der Waals surface area contributed by atoms with Gasteiger partial charge in [-0.1, -0.05) is 41.9 Å². The molecule has 1 aliphatic heterocycles. The van der Waals surface area contributed by atoms with E-state index < -0.39 is 6.10 Å². The molecule has 0 spiro atoms. The lowest BCUT2D eigenvalue weighted by atomic mass is 10.2. The Balaban J connectivity index is 1.35. The van der Waals surface area contributed by atoms with E-state index in [2.05, 4.69) is 34.1 Å². The van der Waals surface area contributed by atoms with Gasteiger partial charge in [-0.05, 0) is 29.8 Å². The number of nitrogens with zero attached hydrogens (tertiary/aromatic N) is 2. The highest BCUT2D eigenvalue weighted by atomic mass is 35.5. The van der Waals surface area contributed by atoms with Crippen LogP contribution in [0.3, 0.4) is 0 Å². The lowest BCUT2D eigenvalue weighted by molar-refractivity contribution is 0.00914. The van der Waals surface area contributed by atoms with Crippen LogP contribution < -0.4 is 4.90 Å². The van der Waals surface area contributed by atoms with E-state index in [9.17, 15) is 5.11 Å². The molecule has 0 unspecified atom stereocenters. The van der Waals surface area contributed by atoms with Crippen LogP contribution in [0.25, 0.3) is 0 Å². The van der Waals surface area contributed by atoms with Crippen molar-refractivity contribution in [3.8, 4) is 0 Å². The number of benzene rings is 2. The third kappa shape index (κ3) is 5.72. The zero-order valence-electron chi connectivity index (χ0n) is 14.4. The summed E-state index contributed by atoms with van der Waals surface area (Å²) >= 11 is 5.86. The topological polar surface area (TPSA) is 35.9 Å². The highest BCUT2D eigenvalue weighted by Gasteiger charge is 2.19. The number of hydrogen-bond acceptors (Lipinski definition) is 4. The molecule has 0 radical (unpaired) electrons. The van der Waals surface area contributed by atoms with Gasteiger partial charge in [0.2, 0.25) is 0 Å². The minimum Gasteiger partial charge on any atom is -0.389 e. The number of aliphatic hydroxyl groups is 1. The van der Waals surface area contributed by atoms with Crippen LogP contribution in [0.15, 0.2) is 54.6 Å². The molecule has 2 aromatic rings. The van der Waals surface area contributed by atoms with Crippen molar-refractivity contribution in [2.24, 2.45) is 0 Å². The quantitative estimate of drug-likeness (QED) is 0.823. The molecule has 3 rings (SSSR count). The van der Waals surface area contributed by atoms with E-state index in [0.717, 1.165) is 36.8 Å². The first-order chi connectivity index (χ1) is 12.2. The molecule has 0 saturated carbocycles. The summed E-state index contributed by atoms with van der Waals surface area (Å²) in [5.41, 5.74) is 2.34. The number of rotatable bonds is 7. The van der Waals surface area contributed by atoms with Gasteiger partial charge < -0.3 is 14.7 Å². The molecule has 4 nitrogen and oxygen atoms in total. The minimum absolute atomic E-state index is 0.349. The molecule has 1 N–H and O–H groups in total. The Bertz CT molecular complexity index is 628. The van der Waals surface area contributed by atoms with Crippen molar-refractivity contribution >= 4 is 17.3 Å². The molecule has 1 aliphatic rings. The van der Waals surface area contributed by atoms with Gasteiger partial charge in [-0.2, -0.15) is 0 Å². The first-order valence-electron chi connectivity index (χ1n) is 8.73. The van der Waals surface area contributed by atoms with Crippen LogP contribution >= 0.6 is 11.6 Å². The minimum atomic E-state index is -0.462. The van der Waals surface area contributed by atoms with Crippen molar-refractivity contribution in [3.63, 3.8) is 0 Å². The summed E-state index contributed by atoms with van der Waals surface area (Å²) in [6.07, 6.45) is -0.462. The molecule has 134 valence electrons. The zero-order valence-corrected chi connectivity index (χ0v) is 15.1. The van der Waals surface area contributed by atoms with Crippen LogP contribution in [0.1, 0.15) is 5.56 Å². The van der Waals surface area contributed by atoms with Crippen LogP contribution in [0, 0.1) is 0 Å². The maximum atomic E-state index is 10.2. The van der Waals surface area contributed by atoms with E-state index >= 15 is 0 Å². The maximum Gasteiger partial charge on any atom is 0.0900 e. The zero-order chi connectivity index (χ0) is 17.5. The molecule has 0 amide bonds. The second-order valence-corrected chi connectivity index (χ2v) is 6.86. The number of piperazine rings is 1. The summed E-state index contributed by atoms with van der Waals surface area (Å²) in [6, 6.07) is 18.1. The fourth-order valence-corrected chi connectivity index (χ4v) is 3.20. The second kappa shape index (κ2) is 9.20. The molecule has 25 heavy (non-hydrogen) atoms. The van der Waals surface area contributed by atoms with Crippen molar-refractivity contribution in [1.82, 2.24) is 4.90 Å². The predicted molar refractivity (Wildman–Crippen MR) is 102 cm³/mol. The van der Waals surface area contributed by atoms with Crippen molar-refractivity contribution in [2.45, 2.75) is 12.7 Å². The van der Waals surface area contributed by atoms with E-state index in [0.29, 0.717) is 19.8 Å². The molecule has 0 bridgehead atoms. The summed E-state index contributed by atoms with van der Waals surface area (Å²) in [5.74, 6) is 0. The number of β-amino-alcohol motifs (C(OH)–C–C–N with tert-alkyl or cyclic N) is 1. The summed E-state index contributed by atoms with van der Waals surface area (Å²) in [7, 11) is 0. The third-order valence-corrected chi connectivity index (χ3v) is 4.71. The SMILES string of the molecule is O[C@@H](COCc1ccc(Cl)cc1)CN1CCN(c2ccccc2)CC1. The summed E-state index contributed by atoms with van der Waals surface area (Å²) < 4.78 is 5.62. The van der Waals surface area contributed by atoms with Crippen LogP contribution in [0.4, 0.5) is 5.69 Å². The average Bonchev–Trinajstić information content (AvgIpc) is 2.65. The molecule has 0 aliphatic carbocycles. The monoisotopic (exact) mass is 360 g/mol. The highest BCUT2D eigenvalue weighted by molar-refractivity contribution is 6.30. The number of aliphatic hydroxyl groups excluding tert-OH is 1. The Morgan fingerprint density at radius 3 is 2.32 bits per heavy atom. The van der Waals surface area contributed by atoms with Gasteiger partial charge >= 0.3 is 0 Å². The van der Waals surface area contributed by atoms with Crippen molar-refractivity contribution in [3.05, 3.63) is 65.2 Å². The highest BCUT2D eigenvalue weighted by Crippen LogP contribution is 2.15. The van der Waals surface area contributed by atoms with Gasteiger partial charge in [0.25, 0.3) is 0 Å². The Morgan fingerprint density at radius 1 is 0.960 bits per heavy atom. The number of hydrogen-bond donors (Lipinski definition) is 1. The number of para-hydroxylation sites is 1. The normalized spacial score (nSPS) is 16.8. The van der Waals surface area contributed by atoms with Gasteiger partial charge in [0.1, 0.15) is 0 Å². The molecule has 1 atom stereocenters. The number of halogens is 1. The number of ether oxygens (including phenoxy) is 1. The largest absolute Gasteiger partial charge is 0.389 e. The van der Waals surface area contributed by atoms with Crippen molar-refractivity contribution in [1.29, 1.82) is 0 Å². The molecule has 1 fully saturated rings. The first-order valence-corrected chi connectivity index (χ1v) is 9.11. The maximum absolute atomic E-state index is 10.2. The molecule has 2 aromatic carbocycles. The van der Waals surface area contributed by atoms with E-state index in [1.807, 2.05) is 30.3 Å². The standard InChI is InChI=1S/C20H25ClN2O2/c21-18-8-6-17(7-9-18)15-25-16-20(24)14-22-10-12-23(13-11-22)19-4-2-1-3-5-19/h1-9,20,24H,10-16H2/t20-/m1/s1. The lowest BCUT2D eigenvalue weighted by Crippen LogP contribution is -2.49. The van der Waals surface area contributed by atoms with Gasteiger partial charge in [0.15, 0.2) is 0 Å². The summed E-state index contributed by atoms with van der Waals surface area (Å²) in [5, 5.41) is 10.9. The van der Waals surface area contributed by atoms with Gasteiger partial charge in [0.05, 0.1) is 19.3 Å². The van der Waals surface area contributed by atoms with Gasteiger partial charge in [-0.15, -0.1) is 0 Å². The van der Waals surface area contributed by atoms with Crippen LogP contribution in [0.5, 0.6) is 0 Å². The molecule has 1 saturated heterocycles. The molecular formula is C20H25ClN2O2. The van der Waals surface area contributed by atoms with Crippen LogP contribution in [0.2, 0.25) is 5.02 Å². The smallest absolute Gasteiger partial charge is 0.0900 e. The summed E-state index contributed by atoms with van der Waals surface area (Å²) in [4.78, 5) is 4.69. The van der Waals surface area contributed by atoms with Gasteiger partial charge in [-0.3, -0.25) is 4.90 Å². The molecule has 0 aromatic heterocycles. The predicted octanol–water partition coefficient (Wildman–Crippen LogP) is 3.04. The average molecular weight is 361 g/mol. The van der Waals surface area contributed by atoms with Crippen molar-refractivity contribution < 1.29 is 9.84 Å². The second-order valence-electron chi connectivity index (χ2n) is 6.42. The fraction of sp³-hybridized carbons (Fsp3) is 0.400. The number of anilines is 1. The third-order valence-electron chi connectivity index (χ3n) is 4.45. The van der Waals surface area contributed by atoms with Crippen LogP contribution in [-0.2, 0) is 11.3 Å². The van der Waals surface area contributed by atoms with Crippen LogP contribution in [-0.4, -0.2) is 55.4 Å². The Hall–Kier alpha value is -1.59. The van der Waals surface area contributed by atoms with E-state index in [1.54, 1.807) is 0 Å². The lowest BCUT2D eigenvalue weighted by Gasteiger charge is -2.36. The van der Waals surface area contributed by atoms with Crippen molar-refractivity contribution in [2.75, 3.05) is 44.2 Å². The van der Waals surface area contributed by atoms with E-state index in [-0.39, 0.29) is 0 Å². The van der Waals surface area contributed by atoms with E-state index in [1.165, 1.54) is 5.69 Å². The molecular weight excluding hydrogens is 336 g/mol. The Labute approximate surface area is 154 Å². The Morgan fingerprint density at radius 2 is 1.64 bits per heavy atom. The first kappa shape index (κ1) is 18.2. The Kier molecular flexibility index (Phi) is 6.70.